The smallest absolute Gasteiger partial charge is 0.0953 e. The first-order chi connectivity index (χ1) is 8.19. The lowest BCUT2D eigenvalue weighted by molar-refractivity contribution is 0.782. The molecule has 1 heterocycles. The first-order valence-corrected chi connectivity index (χ1v) is 6.45. The molecule has 0 aliphatic carbocycles. The molecule has 0 radical (unpaired) electrons. The second kappa shape index (κ2) is 5.67. The van der Waals surface area contributed by atoms with Crippen molar-refractivity contribution >= 4 is 27.5 Å². The van der Waals surface area contributed by atoms with Crippen LogP contribution in [0.5, 0.6) is 0 Å². The summed E-state index contributed by atoms with van der Waals surface area (Å²) in [6.07, 6.45) is 3.85. The second-order valence-electron chi connectivity index (χ2n) is 3.80. The molecule has 0 saturated carbocycles. The topological polar surface area (TPSA) is 29.9 Å². The Kier molecular flexibility index (Phi) is 4.20. The predicted molar refractivity (Wildman–Crippen MR) is 73.2 cm³/mol. The minimum absolute atomic E-state index is 0.739. The molecule has 0 spiro atoms. The summed E-state index contributed by atoms with van der Waals surface area (Å²) in [5, 5.41) is 3.84. The summed E-state index contributed by atoms with van der Waals surface area (Å²) in [6, 6.07) is 5.92. The lowest BCUT2D eigenvalue weighted by atomic mass is 10.2. The predicted octanol–water partition coefficient (Wildman–Crippen LogP) is 3.07. The van der Waals surface area contributed by atoms with Gasteiger partial charge in [0.1, 0.15) is 0 Å². The van der Waals surface area contributed by atoms with E-state index < -0.39 is 0 Å². The molecule has 3 nitrogen and oxygen atoms in total. The maximum absolute atomic E-state index is 6.17. The average Bonchev–Trinajstić information content (AvgIpc) is 2.71. The Morgan fingerprint density at radius 3 is 3.00 bits per heavy atom. The molecule has 0 atom stereocenters. The van der Waals surface area contributed by atoms with E-state index in [0.29, 0.717) is 0 Å². The van der Waals surface area contributed by atoms with Crippen molar-refractivity contribution < 1.29 is 0 Å². The maximum atomic E-state index is 6.17. The third-order valence-electron chi connectivity index (χ3n) is 2.41. The van der Waals surface area contributed by atoms with Crippen molar-refractivity contribution in [2.45, 2.75) is 13.1 Å². The first kappa shape index (κ1) is 12.6. The van der Waals surface area contributed by atoms with Crippen LogP contribution >= 0.6 is 27.5 Å². The fraction of sp³-hybridized carbons (Fsp3) is 0.250. The summed E-state index contributed by atoms with van der Waals surface area (Å²) in [5.74, 6) is 0. The number of rotatable bonds is 4. The van der Waals surface area contributed by atoms with E-state index in [4.69, 9.17) is 11.6 Å². The number of nitrogens with one attached hydrogen (secondary N) is 1. The fourth-order valence-corrected chi connectivity index (χ4v) is 2.35. The number of hydrogen-bond donors (Lipinski definition) is 1. The van der Waals surface area contributed by atoms with Crippen LogP contribution in [0.2, 0.25) is 5.02 Å². The third kappa shape index (κ3) is 3.31. The Bertz CT molecular complexity index is 510. The highest BCUT2D eigenvalue weighted by Crippen LogP contribution is 2.22. The van der Waals surface area contributed by atoms with Crippen molar-refractivity contribution in [2.75, 3.05) is 7.05 Å². The molecule has 0 saturated heterocycles. The molecule has 1 aromatic carbocycles. The zero-order chi connectivity index (χ0) is 12.3. The number of aromatic nitrogens is 2. The normalized spacial score (nSPS) is 10.8. The highest BCUT2D eigenvalue weighted by molar-refractivity contribution is 9.10. The van der Waals surface area contributed by atoms with Crippen molar-refractivity contribution in [2.24, 2.45) is 0 Å². The summed E-state index contributed by atoms with van der Waals surface area (Å²) < 4.78 is 3.02. The molecule has 17 heavy (non-hydrogen) atoms. The molecule has 0 aliphatic heterocycles. The van der Waals surface area contributed by atoms with Crippen LogP contribution in [0.4, 0.5) is 0 Å². The van der Waals surface area contributed by atoms with Crippen molar-refractivity contribution in [1.82, 2.24) is 14.9 Å². The fourth-order valence-electron chi connectivity index (χ4n) is 1.61. The van der Waals surface area contributed by atoms with Gasteiger partial charge in [-0.2, -0.15) is 0 Å². The summed E-state index contributed by atoms with van der Waals surface area (Å²) in [5.41, 5.74) is 2.11. The Morgan fingerprint density at radius 2 is 2.29 bits per heavy atom. The third-order valence-corrected chi connectivity index (χ3v) is 3.26. The van der Waals surface area contributed by atoms with Gasteiger partial charge >= 0.3 is 0 Å². The molecule has 1 N–H and O–H groups in total. The molecule has 1 aromatic heterocycles. The summed E-state index contributed by atoms with van der Waals surface area (Å²) in [4.78, 5) is 4.30. The van der Waals surface area contributed by atoms with Crippen LogP contribution < -0.4 is 5.32 Å². The number of hydrogen-bond acceptors (Lipinski definition) is 2. The van der Waals surface area contributed by atoms with Crippen LogP contribution in [0.1, 0.15) is 11.3 Å². The SMILES string of the molecule is CNCc1cn(Cc2ccc(Br)cc2Cl)cn1. The van der Waals surface area contributed by atoms with Gasteiger partial charge in [-0.05, 0) is 24.7 Å². The van der Waals surface area contributed by atoms with E-state index in [1.807, 2.05) is 42.3 Å². The lowest BCUT2D eigenvalue weighted by Crippen LogP contribution is -2.05. The zero-order valence-corrected chi connectivity index (χ0v) is 11.8. The highest BCUT2D eigenvalue weighted by atomic mass is 79.9. The van der Waals surface area contributed by atoms with Gasteiger partial charge in [-0.15, -0.1) is 0 Å². The quantitative estimate of drug-likeness (QED) is 0.940. The van der Waals surface area contributed by atoms with Gasteiger partial charge in [0.15, 0.2) is 0 Å². The van der Waals surface area contributed by atoms with Crippen LogP contribution in [0.3, 0.4) is 0 Å². The van der Waals surface area contributed by atoms with Crippen molar-refractivity contribution in [3.05, 3.63) is 51.5 Å². The minimum Gasteiger partial charge on any atom is -0.333 e. The molecule has 0 bridgehead atoms. The zero-order valence-electron chi connectivity index (χ0n) is 9.45. The van der Waals surface area contributed by atoms with Crippen LogP contribution in [-0.2, 0) is 13.1 Å². The van der Waals surface area contributed by atoms with Crippen molar-refractivity contribution in [3.8, 4) is 0 Å². The van der Waals surface area contributed by atoms with E-state index in [2.05, 4.69) is 26.2 Å². The molecular formula is C12H13BrClN3. The van der Waals surface area contributed by atoms with Gasteiger partial charge in [-0.3, -0.25) is 0 Å². The Hall–Kier alpha value is -0.840. The minimum atomic E-state index is 0.739. The Balaban J connectivity index is 2.13. The van der Waals surface area contributed by atoms with Gasteiger partial charge in [0.05, 0.1) is 12.0 Å². The molecule has 5 heteroatoms. The Morgan fingerprint density at radius 1 is 1.47 bits per heavy atom. The van der Waals surface area contributed by atoms with Crippen molar-refractivity contribution in [3.63, 3.8) is 0 Å². The standard InChI is InChI=1S/C12H13BrClN3/c1-15-5-11-7-17(8-16-11)6-9-2-3-10(13)4-12(9)14/h2-4,7-8,15H,5-6H2,1H3. The number of halogens is 2. The van der Waals surface area contributed by atoms with Crippen LogP contribution in [-0.4, -0.2) is 16.6 Å². The molecular weight excluding hydrogens is 302 g/mol. The molecule has 2 rings (SSSR count). The van der Waals surface area contributed by atoms with Gasteiger partial charge < -0.3 is 9.88 Å². The molecule has 90 valence electrons. The van der Waals surface area contributed by atoms with Gasteiger partial charge in [0.25, 0.3) is 0 Å². The number of imidazole rings is 1. The second-order valence-corrected chi connectivity index (χ2v) is 5.13. The lowest BCUT2D eigenvalue weighted by Gasteiger charge is -2.05. The maximum Gasteiger partial charge on any atom is 0.0953 e. The van der Waals surface area contributed by atoms with E-state index in [9.17, 15) is 0 Å². The Labute approximate surface area is 114 Å². The van der Waals surface area contributed by atoms with Crippen molar-refractivity contribution in [1.29, 1.82) is 0 Å². The van der Waals surface area contributed by atoms with Crippen LogP contribution in [0, 0.1) is 0 Å². The number of nitrogens with zero attached hydrogens (tertiary/aromatic N) is 2. The van der Waals surface area contributed by atoms with Crippen LogP contribution in [0.25, 0.3) is 0 Å². The summed E-state index contributed by atoms with van der Waals surface area (Å²) in [7, 11) is 1.91. The number of benzene rings is 1. The van der Waals surface area contributed by atoms with Crippen LogP contribution in [0.15, 0.2) is 35.2 Å². The summed E-state index contributed by atoms with van der Waals surface area (Å²) >= 11 is 9.57. The van der Waals surface area contributed by atoms with E-state index in [1.165, 1.54) is 0 Å². The molecule has 0 fully saturated rings. The highest BCUT2D eigenvalue weighted by Gasteiger charge is 2.03. The first-order valence-electron chi connectivity index (χ1n) is 5.28. The monoisotopic (exact) mass is 313 g/mol. The van der Waals surface area contributed by atoms with E-state index in [1.54, 1.807) is 0 Å². The summed E-state index contributed by atoms with van der Waals surface area (Å²) in [6.45, 7) is 1.52. The molecule has 0 aliphatic rings. The largest absolute Gasteiger partial charge is 0.333 e. The van der Waals surface area contributed by atoms with Gasteiger partial charge in [-0.1, -0.05) is 33.6 Å². The van der Waals surface area contributed by atoms with E-state index in [0.717, 1.165) is 33.8 Å². The van der Waals surface area contributed by atoms with Gasteiger partial charge in [-0.25, -0.2) is 4.98 Å². The van der Waals surface area contributed by atoms with E-state index >= 15 is 0 Å². The molecule has 2 aromatic rings. The molecule has 0 unspecified atom stereocenters. The molecule has 0 amide bonds. The van der Waals surface area contributed by atoms with Gasteiger partial charge in [0, 0.05) is 28.8 Å². The van der Waals surface area contributed by atoms with E-state index in [-0.39, 0.29) is 0 Å². The average molecular weight is 315 g/mol. The van der Waals surface area contributed by atoms with Gasteiger partial charge in [0.2, 0.25) is 0 Å².